The Morgan fingerprint density at radius 1 is 1.29 bits per heavy atom. The van der Waals surface area contributed by atoms with Crippen molar-refractivity contribution < 1.29 is 17.9 Å². The van der Waals surface area contributed by atoms with Crippen molar-refractivity contribution in [1.82, 2.24) is 19.7 Å². The monoisotopic (exact) mass is 422 g/mol. The van der Waals surface area contributed by atoms with Crippen LogP contribution in [-0.4, -0.2) is 47.0 Å². The van der Waals surface area contributed by atoms with Gasteiger partial charge in [0.1, 0.15) is 0 Å². The van der Waals surface area contributed by atoms with E-state index in [1.54, 1.807) is 30.1 Å². The van der Waals surface area contributed by atoms with Crippen LogP contribution in [0.2, 0.25) is 0 Å². The van der Waals surface area contributed by atoms with Crippen LogP contribution in [0.5, 0.6) is 0 Å². The molecule has 3 aromatic rings. The molecule has 12 heteroatoms. The lowest BCUT2D eigenvalue weighted by atomic mass is 10.0. The number of nitrogens with two attached hydrogens (primary N) is 2. The van der Waals surface area contributed by atoms with E-state index in [9.17, 15) is 13.2 Å². The van der Waals surface area contributed by atoms with Gasteiger partial charge in [-0.25, -0.2) is 23.5 Å². The Balaban J connectivity index is 2.01. The maximum atomic E-state index is 11.4. The predicted octanol–water partition coefficient (Wildman–Crippen LogP) is 0.324. The lowest BCUT2D eigenvalue weighted by Crippen LogP contribution is -2.16. The minimum absolute atomic E-state index is 0.00742. The molecule has 4 N–H and O–H groups in total. The Hall–Kier alpha value is -2.54. The molecule has 2 heterocycles. The van der Waals surface area contributed by atoms with Gasteiger partial charge < -0.3 is 10.5 Å². The van der Waals surface area contributed by atoms with Crippen LogP contribution in [0.3, 0.4) is 0 Å². The summed E-state index contributed by atoms with van der Waals surface area (Å²) < 4.78 is 29.1. The van der Waals surface area contributed by atoms with Gasteiger partial charge >= 0.3 is 5.97 Å². The molecule has 0 radical (unpaired) electrons. The number of sulfonamides is 1. The summed E-state index contributed by atoms with van der Waals surface area (Å²) in [6.07, 6.45) is 1.61. The van der Waals surface area contributed by atoms with Crippen molar-refractivity contribution in [3.05, 3.63) is 41.7 Å². The van der Waals surface area contributed by atoms with Gasteiger partial charge in [0, 0.05) is 7.05 Å². The van der Waals surface area contributed by atoms with Gasteiger partial charge in [0.15, 0.2) is 10.8 Å². The molecular weight excluding hydrogens is 404 g/mol. The Morgan fingerprint density at radius 3 is 2.57 bits per heavy atom. The number of methoxy groups -OCH3 is 1. The fraction of sp³-hybridized carbons (Fsp3) is 0.250. The molecule has 1 aromatic carbocycles. The summed E-state index contributed by atoms with van der Waals surface area (Å²) in [6.45, 7) is 0. The molecule has 0 spiro atoms. The van der Waals surface area contributed by atoms with Gasteiger partial charge in [0.25, 0.3) is 0 Å². The van der Waals surface area contributed by atoms with Crippen molar-refractivity contribution in [2.45, 2.75) is 16.1 Å². The van der Waals surface area contributed by atoms with Crippen LogP contribution >= 0.6 is 11.8 Å². The number of esters is 1. The molecule has 28 heavy (non-hydrogen) atoms. The highest BCUT2D eigenvalue weighted by Crippen LogP contribution is 2.28. The number of nitrogens with zero attached hydrogens (tertiary/aromatic N) is 4. The molecule has 10 nitrogen and oxygen atoms in total. The smallest absolute Gasteiger partial charge is 0.316 e. The molecule has 0 fully saturated rings. The number of fused-ring (bicyclic) bond motifs is 1. The summed E-state index contributed by atoms with van der Waals surface area (Å²) in [7, 11) is -0.750. The molecule has 3 rings (SSSR count). The van der Waals surface area contributed by atoms with Crippen LogP contribution < -0.4 is 10.9 Å². The maximum absolute atomic E-state index is 11.4. The summed E-state index contributed by atoms with van der Waals surface area (Å²) in [6, 6.07) is 5.27. The number of benzene rings is 1. The number of ether oxygens (including phenoxy) is 1. The number of aromatic nitrogens is 4. The second-order valence-electron chi connectivity index (χ2n) is 5.85. The Kier molecular flexibility index (Phi) is 5.65. The fourth-order valence-electron chi connectivity index (χ4n) is 2.53. The molecule has 0 bridgehead atoms. The summed E-state index contributed by atoms with van der Waals surface area (Å²) in [5, 5.41) is 10.3. The molecule has 1 atom stereocenters. The third-order valence-electron chi connectivity index (χ3n) is 4.01. The molecule has 0 aliphatic rings. The van der Waals surface area contributed by atoms with E-state index in [2.05, 4.69) is 19.8 Å². The lowest BCUT2D eigenvalue weighted by Gasteiger charge is -2.14. The van der Waals surface area contributed by atoms with Gasteiger partial charge in [0.2, 0.25) is 10.0 Å². The number of thioether (sulfide) groups is 1. The SMILES string of the molecule is COC(=O)CSc1nc(C(N)c2ccc(S(N)(=O)=O)cc2)c2cnn(C)c2n1. The second-order valence-corrected chi connectivity index (χ2v) is 8.36. The third kappa shape index (κ3) is 4.14. The average Bonchev–Trinajstić information content (AvgIpc) is 3.05. The average molecular weight is 422 g/mol. The first-order chi connectivity index (χ1) is 13.2. The van der Waals surface area contributed by atoms with Gasteiger partial charge in [-0.2, -0.15) is 5.10 Å². The van der Waals surface area contributed by atoms with Gasteiger partial charge in [-0.05, 0) is 17.7 Å². The van der Waals surface area contributed by atoms with Crippen LogP contribution in [0.15, 0.2) is 40.5 Å². The zero-order chi connectivity index (χ0) is 20.5. The molecule has 0 saturated heterocycles. The van der Waals surface area contributed by atoms with Crippen molar-refractivity contribution >= 4 is 38.8 Å². The first-order valence-corrected chi connectivity index (χ1v) is 10.5. The molecule has 0 amide bonds. The van der Waals surface area contributed by atoms with Gasteiger partial charge in [-0.15, -0.1) is 0 Å². The van der Waals surface area contributed by atoms with E-state index in [1.807, 2.05) is 0 Å². The summed E-state index contributed by atoms with van der Waals surface area (Å²) in [4.78, 5) is 20.3. The van der Waals surface area contributed by atoms with Crippen molar-refractivity contribution in [2.24, 2.45) is 17.9 Å². The van der Waals surface area contributed by atoms with Crippen molar-refractivity contribution in [3.63, 3.8) is 0 Å². The topological polar surface area (TPSA) is 156 Å². The highest BCUT2D eigenvalue weighted by molar-refractivity contribution is 7.99. The lowest BCUT2D eigenvalue weighted by molar-refractivity contribution is -0.137. The number of hydrogen-bond acceptors (Lipinski definition) is 9. The fourth-order valence-corrected chi connectivity index (χ4v) is 3.72. The molecule has 0 saturated carbocycles. The first kappa shape index (κ1) is 20.2. The molecule has 2 aromatic heterocycles. The molecule has 1 unspecified atom stereocenters. The Bertz CT molecular complexity index is 1130. The largest absolute Gasteiger partial charge is 0.468 e. The van der Waals surface area contributed by atoms with E-state index in [0.29, 0.717) is 27.4 Å². The first-order valence-electron chi connectivity index (χ1n) is 7.98. The van der Waals surface area contributed by atoms with Crippen LogP contribution in [0, 0.1) is 0 Å². The zero-order valence-corrected chi connectivity index (χ0v) is 16.7. The minimum atomic E-state index is -3.79. The summed E-state index contributed by atoms with van der Waals surface area (Å²) in [5.41, 5.74) is 8.10. The number of aryl methyl sites for hydroxylation is 1. The number of hydrogen-bond donors (Lipinski definition) is 2. The quantitative estimate of drug-likeness (QED) is 0.324. The van der Waals surface area contributed by atoms with Crippen LogP contribution in [-0.2, 0) is 26.6 Å². The van der Waals surface area contributed by atoms with E-state index in [1.165, 1.54) is 19.2 Å². The Morgan fingerprint density at radius 2 is 1.96 bits per heavy atom. The van der Waals surface area contributed by atoms with Crippen LogP contribution in [0.1, 0.15) is 17.3 Å². The zero-order valence-electron chi connectivity index (χ0n) is 15.1. The predicted molar refractivity (Wildman–Crippen MR) is 103 cm³/mol. The number of carbonyl (C=O) groups excluding carboxylic acids is 1. The minimum Gasteiger partial charge on any atom is -0.468 e. The van der Waals surface area contributed by atoms with Gasteiger partial charge in [-0.3, -0.25) is 9.48 Å². The van der Waals surface area contributed by atoms with Crippen molar-refractivity contribution in [3.8, 4) is 0 Å². The van der Waals surface area contributed by atoms with Crippen molar-refractivity contribution in [1.29, 1.82) is 0 Å². The highest BCUT2D eigenvalue weighted by Gasteiger charge is 2.20. The van der Waals surface area contributed by atoms with E-state index in [-0.39, 0.29) is 10.6 Å². The highest BCUT2D eigenvalue weighted by atomic mass is 32.2. The van der Waals surface area contributed by atoms with Crippen LogP contribution in [0.25, 0.3) is 11.0 Å². The summed E-state index contributed by atoms with van der Waals surface area (Å²) >= 11 is 1.12. The van der Waals surface area contributed by atoms with E-state index >= 15 is 0 Å². The molecular formula is C16H18N6O4S2. The Labute approximate surface area is 165 Å². The number of carbonyl (C=O) groups is 1. The third-order valence-corrected chi connectivity index (χ3v) is 5.76. The standard InChI is InChI=1S/C16H18N6O4S2/c1-22-15-11(7-19-22)14(20-16(21-15)27-8-12(23)26-2)13(17)9-3-5-10(6-4-9)28(18,24)25/h3-7,13H,8,17H2,1-2H3,(H2,18,24,25). The van der Waals surface area contributed by atoms with Gasteiger partial charge in [0.05, 0.1) is 41.1 Å². The molecule has 148 valence electrons. The normalized spacial score (nSPS) is 12.9. The maximum Gasteiger partial charge on any atom is 0.316 e. The van der Waals surface area contributed by atoms with Gasteiger partial charge in [-0.1, -0.05) is 23.9 Å². The molecule has 0 aliphatic heterocycles. The second kappa shape index (κ2) is 7.83. The van der Waals surface area contributed by atoms with E-state index in [4.69, 9.17) is 10.9 Å². The van der Waals surface area contributed by atoms with E-state index in [0.717, 1.165) is 11.8 Å². The number of primary sulfonamides is 1. The molecule has 0 aliphatic carbocycles. The number of rotatable bonds is 6. The van der Waals surface area contributed by atoms with E-state index < -0.39 is 22.0 Å². The van der Waals surface area contributed by atoms with Crippen LogP contribution in [0.4, 0.5) is 0 Å². The van der Waals surface area contributed by atoms with Crippen molar-refractivity contribution in [2.75, 3.05) is 12.9 Å². The summed E-state index contributed by atoms with van der Waals surface area (Å²) in [5.74, 6) is -0.347.